The molecule has 0 saturated heterocycles. The largest absolute Gasteiger partial charge is 0.379 e. The van der Waals surface area contributed by atoms with E-state index < -0.39 is 0 Å². The number of thiazole rings is 1. The van der Waals surface area contributed by atoms with E-state index in [4.69, 9.17) is 4.74 Å². The molecule has 1 unspecified atom stereocenters. The summed E-state index contributed by atoms with van der Waals surface area (Å²) in [4.78, 5) is 4.31. The quantitative estimate of drug-likeness (QED) is 0.746. The molecule has 1 atom stereocenters. The van der Waals surface area contributed by atoms with Gasteiger partial charge in [0.05, 0.1) is 10.6 Å². The Morgan fingerprint density at radius 1 is 1.56 bits per heavy atom. The summed E-state index contributed by atoms with van der Waals surface area (Å²) in [6, 6.07) is 0. The number of nitrogens with one attached hydrogen (secondary N) is 1. The summed E-state index contributed by atoms with van der Waals surface area (Å²) >= 11 is 1.72. The Hall–Kier alpha value is -0.450. The van der Waals surface area contributed by atoms with E-state index in [1.165, 1.54) is 5.01 Å². The van der Waals surface area contributed by atoms with Crippen LogP contribution in [0.4, 0.5) is 0 Å². The van der Waals surface area contributed by atoms with Gasteiger partial charge < -0.3 is 10.1 Å². The first-order chi connectivity index (χ1) is 7.55. The Labute approximate surface area is 102 Å². The highest BCUT2D eigenvalue weighted by atomic mass is 32.1. The fraction of sp³-hybridized carbons (Fsp3) is 0.750. The van der Waals surface area contributed by atoms with Crippen molar-refractivity contribution in [2.75, 3.05) is 20.2 Å². The van der Waals surface area contributed by atoms with Crippen LogP contribution < -0.4 is 5.32 Å². The summed E-state index contributed by atoms with van der Waals surface area (Å²) < 4.78 is 5.37. The summed E-state index contributed by atoms with van der Waals surface area (Å²) in [5.41, 5.74) is -0.0303. The van der Waals surface area contributed by atoms with E-state index in [9.17, 15) is 0 Å². The molecule has 3 nitrogen and oxygen atoms in total. The van der Waals surface area contributed by atoms with Crippen molar-refractivity contribution in [1.82, 2.24) is 10.3 Å². The molecule has 1 heterocycles. The van der Waals surface area contributed by atoms with E-state index in [1.807, 2.05) is 11.6 Å². The molecule has 0 bridgehead atoms. The Kier molecular flexibility index (Phi) is 5.38. The molecule has 0 saturated carbocycles. The molecule has 0 amide bonds. The van der Waals surface area contributed by atoms with Crippen LogP contribution in [-0.2, 0) is 4.74 Å². The first-order valence-corrected chi connectivity index (χ1v) is 6.58. The predicted molar refractivity (Wildman–Crippen MR) is 69.1 cm³/mol. The number of rotatable bonds is 7. The van der Waals surface area contributed by atoms with Gasteiger partial charge in [-0.3, -0.25) is 0 Å². The summed E-state index contributed by atoms with van der Waals surface area (Å²) in [6.45, 7) is 8.38. The number of hydrogen-bond acceptors (Lipinski definition) is 4. The second-order valence-electron chi connectivity index (χ2n) is 4.69. The lowest BCUT2D eigenvalue weighted by Gasteiger charge is -2.23. The third-order valence-electron chi connectivity index (χ3n) is 2.78. The average molecular weight is 242 g/mol. The topological polar surface area (TPSA) is 34.1 Å². The van der Waals surface area contributed by atoms with Gasteiger partial charge in [-0.25, -0.2) is 4.98 Å². The Bertz CT molecular complexity index is 285. The standard InChI is InChI=1S/C12H22N2OS/c1-10(11-14-7-8-16-11)9-13-6-5-12(2,3)15-4/h7-8,10,13H,5-6,9H2,1-4H3. The van der Waals surface area contributed by atoms with Crippen molar-refractivity contribution in [3.05, 3.63) is 16.6 Å². The predicted octanol–water partition coefficient (Wildman–Crippen LogP) is 2.65. The number of ether oxygens (including phenoxy) is 1. The lowest BCUT2D eigenvalue weighted by molar-refractivity contribution is 0.0158. The minimum atomic E-state index is -0.0303. The lowest BCUT2D eigenvalue weighted by Crippen LogP contribution is -2.30. The smallest absolute Gasteiger partial charge is 0.0965 e. The molecule has 0 fully saturated rings. The molecular formula is C12H22N2OS. The molecule has 16 heavy (non-hydrogen) atoms. The fourth-order valence-electron chi connectivity index (χ4n) is 1.38. The first kappa shape index (κ1) is 13.6. The number of aromatic nitrogens is 1. The van der Waals surface area contributed by atoms with Gasteiger partial charge in [-0.05, 0) is 26.8 Å². The van der Waals surface area contributed by atoms with Crippen LogP contribution in [-0.4, -0.2) is 30.8 Å². The van der Waals surface area contributed by atoms with Gasteiger partial charge in [-0.15, -0.1) is 11.3 Å². The number of hydrogen-bond donors (Lipinski definition) is 1. The highest BCUT2D eigenvalue weighted by Gasteiger charge is 2.15. The van der Waals surface area contributed by atoms with E-state index >= 15 is 0 Å². The van der Waals surface area contributed by atoms with Crippen molar-refractivity contribution >= 4 is 11.3 Å². The van der Waals surface area contributed by atoms with Crippen LogP contribution in [0.5, 0.6) is 0 Å². The van der Waals surface area contributed by atoms with Crippen molar-refractivity contribution in [1.29, 1.82) is 0 Å². The SMILES string of the molecule is COC(C)(C)CCNCC(C)c1nccs1. The minimum Gasteiger partial charge on any atom is -0.379 e. The van der Waals surface area contributed by atoms with Gasteiger partial charge in [0.2, 0.25) is 0 Å². The first-order valence-electron chi connectivity index (χ1n) is 5.70. The zero-order valence-electron chi connectivity index (χ0n) is 10.6. The Morgan fingerprint density at radius 2 is 2.31 bits per heavy atom. The molecule has 92 valence electrons. The second-order valence-corrected chi connectivity index (χ2v) is 5.62. The van der Waals surface area contributed by atoms with E-state index in [0.717, 1.165) is 19.5 Å². The van der Waals surface area contributed by atoms with E-state index in [2.05, 4.69) is 31.1 Å². The lowest BCUT2D eigenvalue weighted by atomic mass is 10.1. The van der Waals surface area contributed by atoms with Crippen molar-refractivity contribution in [3.8, 4) is 0 Å². The molecule has 0 radical (unpaired) electrons. The summed E-state index contributed by atoms with van der Waals surface area (Å²) in [5.74, 6) is 0.491. The Balaban J connectivity index is 2.16. The van der Waals surface area contributed by atoms with Crippen LogP contribution >= 0.6 is 11.3 Å². The molecule has 0 aliphatic carbocycles. The maximum atomic E-state index is 5.37. The van der Waals surface area contributed by atoms with Crippen LogP contribution in [0.15, 0.2) is 11.6 Å². The van der Waals surface area contributed by atoms with Gasteiger partial charge >= 0.3 is 0 Å². The zero-order valence-corrected chi connectivity index (χ0v) is 11.4. The van der Waals surface area contributed by atoms with Crippen molar-refractivity contribution in [3.63, 3.8) is 0 Å². The highest BCUT2D eigenvalue weighted by Crippen LogP contribution is 2.16. The fourth-order valence-corrected chi connectivity index (χ4v) is 2.07. The average Bonchev–Trinajstić information content (AvgIpc) is 2.77. The summed E-state index contributed by atoms with van der Waals surface area (Å²) in [5, 5.41) is 6.69. The zero-order chi connectivity index (χ0) is 12.0. The molecule has 0 aliphatic rings. The van der Waals surface area contributed by atoms with Gasteiger partial charge in [0.1, 0.15) is 0 Å². The maximum absolute atomic E-state index is 5.37. The van der Waals surface area contributed by atoms with Gasteiger partial charge in [-0.2, -0.15) is 0 Å². The molecule has 1 aromatic rings. The van der Waals surface area contributed by atoms with Gasteiger partial charge in [0, 0.05) is 31.1 Å². The molecule has 1 rings (SSSR count). The summed E-state index contributed by atoms with van der Waals surface area (Å²) in [6.07, 6.45) is 2.89. The molecule has 1 aromatic heterocycles. The minimum absolute atomic E-state index is 0.0303. The van der Waals surface area contributed by atoms with Crippen molar-refractivity contribution in [2.24, 2.45) is 0 Å². The molecule has 0 aromatic carbocycles. The van der Waals surface area contributed by atoms with Crippen LogP contribution in [0, 0.1) is 0 Å². The van der Waals surface area contributed by atoms with Crippen LogP contribution in [0.2, 0.25) is 0 Å². The number of nitrogens with zero attached hydrogens (tertiary/aromatic N) is 1. The van der Waals surface area contributed by atoms with Crippen molar-refractivity contribution in [2.45, 2.75) is 38.7 Å². The Morgan fingerprint density at radius 3 is 2.88 bits per heavy atom. The van der Waals surface area contributed by atoms with Gasteiger partial charge in [0.25, 0.3) is 0 Å². The normalized spacial score (nSPS) is 14.0. The third kappa shape index (κ3) is 4.60. The van der Waals surface area contributed by atoms with Crippen LogP contribution in [0.1, 0.15) is 38.1 Å². The van der Waals surface area contributed by atoms with E-state index in [0.29, 0.717) is 5.92 Å². The molecular weight excluding hydrogens is 220 g/mol. The second kappa shape index (κ2) is 6.33. The highest BCUT2D eigenvalue weighted by molar-refractivity contribution is 7.09. The molecule has 0 aliphatic heterocycles. The van der Waals surface area contributed by atoms with E-state index in [1.54, 1.807) is 18.4 Å². The molecule has 1 N–H and O–H groups in total. The van der Waals surface area contributed by atoms with Crippen molar-refractivity contribution < 1.29 is 4.74 Å². The maximum Gasteiger partial charge on any atom is 0.0965 e. The third-order valence-corrected chi connectivity index (χ3v) is 3.79. The molecule has 4 heteroatoms. The van der Waals surface area contributed by atoms with Crippen LogP contribution in [0.25, 0.3) is 0 Å². The van der Waals surface area contributed by atoms with Gasteiger partial charge in [-0.1, -0.05) is 6.92 Å². The summed E-state index contributed by atoms with van der Waals surface area (Å²) in [7, 11) is 1.76. The molecule has 0 spiro atoms. The monoisotopic (exact) mass is 242 g/mol. The van der Waals surface area contributed by atoms with Gasteiger partial charge in [0.15, 0.2) is 0 Å². The van der Waals surface area contributed by atoms with Crippen LogP contribution in [0.3, 0.4) is 0 Å². The van der Waals surface area contributed by atoms with E-state index in [-0.39, 0.29) is 5.60 Å². The number of methoxy groups -OCH3 is 1.